The van der Waals surface area contributed by atoms with E-state index in [1.807, 2.05) is 24.3 Å². The van der Waals surface area contributed by atoms with E-state index >= 15 is 0 Å². The number of carbonyl (C=O) groups excluding carboxylic acids is 3. The monoisotopic (exact) mass is 557 g/mol. The molecule has 1 aromatic carbocycles. The number of amides is 3. The number of aryl methyl sites for hydroxylation is 1. The molecule has 0 unspecified atom stereocenters. The van der Waals surface area contributed by atoms with Crippen molar-refractivity contribution in [3.63, 3.8) is 0 Å². The van der Waals surface area contributed by atoms with Crippen LogP contribution in [-0.4, -0.2) is 51.6 Å². The number of thioether (sulfide) groups is 1. The molecule has 40 heavy (non-hydrogen) atoms. The van der Waals surface area contributed by atoms with Crippen LogP contribution < -0.4 is 20.9 Å². The molecular weight excluding hydrogens is 526 g/mol. The van der Waals surface area contributed by atoms with Crippen LogP contribution in [0.1, 0.15) is 36.7 Å². The number of piperidine rings is 1. The molecule has 5 rings (SSSR count). The number of carbonyl (C=O) groups is 3. The van der Waals surface area contributed by atoms with Gasteiger partial charge in [-0.3, -0.25) is 24.7 Å². The molecule has 2 fully saturated rings. The van der Waals surface area contributed by atoms with Gasteiger partial charge in [-0.25, -0.2) is 9.97 Å². The summed E-state index contributed by atoms with van der Waals surface area (Å²) < 4.78 is 0. The van der Waals surface area contributed by atoms with E-state index in [4.69, 9.17) is 4.98 Å². The molecule has 2 aliphatic rings. The first-order chi connectivity index (χ1) is 19.3. The van der Waals surface area contributed by atoms with Crippen LogP contribution in [0.2, 0.25) is 0 Å². The molecule has 4 heterocycles. The van der Waals surface area contributed by atoms with E-state index < -0.39 is 5.91 Å². The molecule has 2 saturated heterocycles. The summed E-state index contributed by atoms with van der Waals surface area (Å²) in [5.74, 6) is 0.674. The Labute approximate surface area is 237 Å². The maximum absolute atomic E-state index is 11.8. The highest BCUT2D eigenvalue weighted by molar-refractivity contribution is 8.18. The molecule has 0 atom stereocenters. The smallest absolute Gasteiger partial charge is 0.290 e. The minimum Gasteiger partial charge on any atom is -0.341 e. The predicted octanol–water partition coefficient (Wildman–Crippen LogP) is 4.14. The highest BCUT2D eigenvalue weighted by Crippen LogP contribution is 2.26. The zero-order valence-corrected chi connectivity index (χ0v) is 23.3. The van der Waals surface area contributed by atoms with Gasteiger partial charge in [0.15, 0.2) is 0 Å². The molecule has 3 N–H and O–H groups in total. The lowest BCUT2D eigenvalue weighted by atomic mass is 9.97. The minimum absolute atomic E-state index is 0.101. The summed E-state index contributed by atoms with van der Waals surface area (Å²) in [5.41, 5.74) is 5.32. The summed E-state index contributed by atoms with van der Waals surface area (Å²) in [4.78, 5) is 51.1. The third-order valence-corrected chi connectivity index (χ3v) is 7.53. The molecule has 11 heteroatoms. The van der Waals surface area contributed by atoms with Crippen molar-refractivity contribution in [1.29, 1.82) is 0 Å². The fourth-order valence-corrected chi connectivity index (χ4v) is 5.50. The lowest BCUT2D eigenvalue weighted by molar-refractivity contribution is -0.115. The Hall–Kier alpha value is -4.09. The second kappa shape index (κ2) is 12.4. The average molecular weight is 558 g/mol. The highest BCUT2D eigenvalue weighted by Gasteiger charge is 2.26. The molecule has 0 aliphatic carbocycles. The van der Waals surface area contributed by atoms with Gasteiger partial charge in [-0.1, -0.05) is 12.1 Å². The molecule has 10 nitrogen and oxygen atoms in total. The Kier molecular flexibility index (Phi) is 8.51. The predicted molar refractivity (Wildman–Crippen MR) is 156 cm³/mol. The molecule has 3 aromatic rings. The summed E-state index contributed by atoms with van der Waals surface area (Å²) in [6, 6.07) is 13.6. The highest BCUT2D eigenvalue weighted by atomic mass is 32.2. The normalized spacial score (nSPS) is 16.9. The van der Waals surface area contributed by atoms with E-state index in [2.05, 4.69) is 49.9 Å². The Bertz CT molecular complexity index is 1470. The number of nitrogens with one attached hydrogen (secondary N) is 3. The van der Waals surface area contributed by atoms with Crippen molar-refractivity contribution in [2.75, 3.05) is 29.9 Å². The van der Waals surface area contributed by atoms with Gasteiger partial charge in [-0.15, -0.1) is 0 Å². The molecule has 0 saturated carbocycles. The second-order valence-electron chi connectivity index (χ2n) is 9.98. The van der Waals surface area contributed by atoms with Gasteiger partial charge in [0.2, 0.25) is 11.9 Å². The number of hydrogen-bond donors (Lipinski definition) is 3. The van der Waals surface area contributed by atoms with Gasteiger partial charge in [0.25, 0.3) is 11.1 Å². The second-order valence-corrected chi connectivity index (χ2v) is 11.0. The number of aromatic nitrogens is 3. The maximum atomic E-state index is 11.8. The number of imide groups is 1. The molecule has 0 radical (unpaired) electrons. The standard InChI is InChI=1S/C29H31N7O3S/c1-18-12-24(33-25(13-18)21-4-3-5-22(14-21)32-19(2)37)17-30-16-20-7-10-36(11-8-20)28-31-9-6-23(34-28)15-26-27(38)35-29(39)40-26/h3-6,9,12-15,20,30H,7-8,10-11,16-17H2,1-2H3,(H,32,37)(H,35,38,39)/b26-15-. The van der Waals surface area contributed by atoms with Crippen molar-refractivity contribution in [2.45, 2.75) is 33.2 Å². The molecule has 0 spiro atoms. The van der Waals surface area contributed by atoms with Crippen LogP contribution in [0.15, 0.2) is 53.6 Å². The lowest BCUT2D eigenvalue weighted by Gasteiger charge is -2.32. The van der Waals surface area contributed by atoms with E-state index in [-0.39, 0.29) is 11.1 Å². The van der Waals surface area contributed by atoms with Crippen molar-refractivity contribution >= 4 is 46.5 Å². The number of pyridine rings is 1. The van der Waals surface area contributed by atoms with Crippen LogP contribution in [0.3, 0.4) is 0 Å². The van der Waals surface area contributed by atoms with Crippen LogP contribution in [0.5, 0.6) is 0 Å². The topological polar surface area (TPSA) is 129 Å². The maximum Gasteiger partial charge on any atom is 0.290 e. The summed E-state index contributed by atoms with van der Waals surface area (Å²) in [6.07, 6.45) is 5.33. The third-order valence-electron chi connectivity index (χ3n) is 6.72. The van der Waals surface area contributed by atoms with Crippen LogP contribution in [-0.2, 0) is 16.1 Å². The van der Waals surface area contributed by atoms with E-state index in [9.17, 15) is 14.4 Å². The third kappa shape index (κ3) is 7.10. The van der Waals surface area contributed by atoms with Crippen LogP contribution >= 0.6 is 11.8 Å². The fraction of sp³-hybridized carbons (Fsp3) is 0.310. The SMILES string of the molecule is CC(=O)Nc1cccc(-c2cc(C)cc(CNCC3CCN(c4nccc(/C=C5\SC(=O)NC5=O)n4)CC3)n2)c1. The molecule has 2 aliphatic heterocycles. The summed E-state index contributed by atoms with van der Waals surface area (Å²) in [7, 11) is 0. The first kappa shape index (κ1) is 27.5. The van der Waals surface area contributed by atoms with Gasteiger partial charge >= 0.3 is 0 Å². The zero-order valence-electron chi connectivity index (χ0n) is 22.4. The molecular formula is C29H31N7O3S. The first-order valence-electron chi connectivity index (χ1n) is 13.2. The van der Waals surface area contributed by atoms with Crippen molar-refractivity contribution in [3.8, 4) is 11.3 Å². The van der Waals surface area contributed by atoms with E-state index in [0.717, 1.165) is 72.4 Å². The van der Waals surface area contributed by atoms with Crippen LogP contribution in [0.25, 0.3) is 17.3 Å². The number of nitrogens with zero attached hydrogens (tertiary/aromatic N) is 4. The van der Waals surface area contributed by atoms with Gasteiger partial charge in [0.05, 0.1) is 22.0 Å². The van der Waals surface area contributed by atoms with Gasteiger partial charge < -0.3 is 15.5 Å². The Morgan fingerprint density at radius 2 is 1.98 bits per heavy atom. The summed E-state index contributed by atoms with van der Waals surface area (Å²) >= 11 is 0.881. The number of anilines is 2. The Morgan fingerprint density at radius 3 is 2.73 bits per heavy atom. The first-order valence-corrected chi connectivity index (χ1v) is 14.0. The lowest BCUT2D eigenvalue weighted by Crippen LogP contribution is -2.38. The number of benzene rings is 1. The van der Waals surface area contributed by atoms with Gasteiger partial charge in [-0.2, -0.15) is 0 Å². The van der Waals surface area contributed by atoms with E-state index in [0.29, 0.717) is 29.0 Å². The Balaban J connectivity index is 1.13. The van der Waals surface area contributed by atoms with Gasteiger partial charge in [-0.05, 0) is 86.0 Å². The zero-order chi connectivity index (χ0) is 28.1. The molecule has 2 aromatic heterocycles. The largest absolute Gasteiger partial charge is 0.341 e. The average Bonchev–Trinajstić information content (AvgIpc) is 3.24. The summed E-state index contributed by atoms with van der Waals surface area (Å²) in [5, 5.41) is 8.30. The van der Waals surface area contributed by atoms with Crippen LogP contribution in [0, 0.1) is 12.8 Å². The van der Waals surface area contributed by atoms with Crippen molar-refractivity contribution in [1.82, 2.24) is 25.6 Å². The Morgan fingerprint density at radius 1 is 1.15 bits per heavy atom. The van der Waals surface area contributed by atoms with Crippen molar-refractivity contribution < 1.29 is 14.4 Å². The van der Waals surface area contributed by atoms with E-state index in [1.54, 1.807) is 18.3 Å². The summed E-state index contributed by atoms with van der Waals surface area (Å²) in [6.45, 7) is 6.82. The number of hydrogen-bond acceptors (Lipinski definition) is 9. The fourth-order valence-electron chi connectivity index (χ4n) is 4.83. The van der Waals surface area contributed by atoms with E-state index in [1.165, 1.54) is 6.92 Å². The minimum atomic E-state index is -0.392. The van der Waals surface area contributed by atoms with Crippen LogP contribution in [0.4, 0.5) is 16.4 Å². The van der Waals surface area contributed by atoms with Gasteiger partial charge in [0, 0.05) is 44.0 Å². The van der Waals surface area contributed by atoms with Crippen molar-refractivity contribution in [2.24, 2.45) is 5.92 Å². The molecule has 3 amide bonds. The number of rotatable bonds is 8. The molecule has 206 valence electrons. The molecule has 0 bridgehead atoms. The quantitative estimate of drug-likeness (QED) is 0.350. The van der Waals surface area contributed by atoms with Crippen molar-refractivity contribution in [3.05, 3.63) is 70.5 Å². The van der Waals surface area contributed by atoms with Gasteiger partial charge in [0.1, 0.15) is 0 Å².